The first-order chi connectivity index (χ1) is 18.1. The summed E-state index contributed by atoms with van der Waals surface area (Å²) in [6, 6.07) is 7.35. The number of aromatic nitrogens is 3. The highest BCUT2D eigenvalue weighted by molar-refractivity contribution is 5.92. The number of halogens is 6. The Morgan fingerprint density at radius 1 is 0.718 bits per heavy atom. The number of carbonyl (C=O) groups excluding carboxylic acids is 1. The second kappa shape index (κ2) is 13.2. The summed E-state index contributed by atoms with van der Waals surface area (Å²) in [5.41, 5.74) is 0.918. The Bertz CT molecular complexity index is 1060. The maximum absolute atomic E-state index is 12.5. The average Bonchev–Trinajstić information content (AvgIpc) is 2.90. The number of rotatable bonds is 2. The van der Waals surface area contributed by atoms with E-state index in [0.717, 1.165) is 57.8 Å². The quantitative estimate of drug-likeness (QED) is 0.523. The van der Waals surface area contributed by atoms with Gasteiger partial charge in [0.05, 0.1) is 0 Å². The fraction of sp³-hybridized carbons (Fsp3) is 0.478. The molecule has 2 aliphatic heterocycles. The van der Waals surface area contributed by atoms with Gasteiger partial charge in [-0.05, 0) is 49.3 Å². The van der Waals surface area contributed by atoms with Crippen LogP contribution in [0, 0.1) is 5.41 Å². The minimum absolute atomic E-state index is 0.0607. The number of carboxylic acids is 2. The molecule has 0 aromatic carbocycles. The molecule has 2 fully saturated rings. The number of carbonyl (C=O) groups is 3. The average molecular weight is 565 g/mol. The number of hydrogen-bond donors (Lipinski definition) is 2. The van der Waals surface area contributed by atoms with Gasteiger partial charge in [-0.2, -0.15) is 26.3 Å². The Hall–Kier alpha value is -3.98. The molecular formula is C23H25F6N5O5. The van der Waals surface area contributed by atoms with Crippen molar-refractivity contribution in [3.05, 3.63) is 48.5 Å². The van der Waals surface area contributed by atoms with E-state index in [-0.39, 0.29) is 5.91 Å². The van der Waals surface area contributed by atoms with Gasteiger partial charge in [0.25, 0.3) is 5.91 Å². The Morgan fingerprint density at radius 2 is 1.15 bits per heavy atom. The lowest BCUT2D eigenvalue weighted by Crippen LogP contribution is -2.48. The van der Waals surface area contributed by atoms with Crippen LogP contribution >= 0.6 is 0 Å². The second-order valence-corrected chi connectivity index (χ2v) is 8.65. The first-order valence-electron chi connectivity index (χ1n) is 11.5. The number of piperidine rings is 2. The molecule has 214 valence electrons. The molecule has 0 unspecified atom stereocenters. The molecule has 0 atom stereocenters. The normalized spacial score (nSPS) is 16.8. The zero-order valence-electron chi connectivity index (χ0n) is 20.3. The van der Waals surface area contributed by atoms with Crippen molar-refractivity contribution in [2.24, 2.45) is 5.41 Å². The summed E-state index contributed by atoms with van der Waals surface area (Å²) in [7, 11) is 0. The third-order valence-electron chi connectivity index (χ3n) is 6.14. The van der Waals surface area contributed by atoms with Crippen LogP contribution in [0.15, 0.2) is 42.9 Å². The molecule has 0 bridgehead atoms. The van der Waals surface area contributed by atoms with Crippen LogP contribution in [0.25, 0.3) is 0 Å². The Morgan fingerprint density at radius 3 is 1.56 bits per heavy atom. The van der Waals surface area contributed by atoms with Crippen molar-refractivity contribution < 1.29 is 50.9 Å². The van der Waals surface area contributed by atoms with E-state index in [0.29, 0.717) is 11.1 Å². The van der Waals surface area contributed by atoms with Crippen molar-refractivity contribution in [3.63, 3.8) is 0 Å². The summed E-state index contributed by atoms with van der Waals surface area (Å²) in [5, 5.41) is 14.2. The molecule has 0 saturated carbocycles. The first kappa shape index (κ1) is 31.2. The summed E-state index contributed by atoms with van der Waals surface area (Å²) in [6.45, 7) is 3.66. The summed E-state index contributed by atoms with van der Waals surface area (Å²) < 4.78 is 63.5. The van der Waals surface area contributed by atoms with Gasteiger partial charge in [-0.3, -0.25) is 9.78 Å². The third-order valence-corrected chi connectivity index (χ3v) is 6.14. The van der Waals surface area contributed by atoms with E-state index in [1.165, 1.54) is 0 Å². The first-order valence-corrected chi connectivity index (χ1v) is 11.5. The number of amides is 1. The standard InChI is InChI=1S/C19H23N5O.2C2HF3O2/c25-17(16-4-1-2-9-20-16)23-12-5-19(6-13-23)7-14-24(15-8-19)18-21-10-3-11-22-18;2*3-2(4,5)1(6)7/h1-4,9-11H,5-8,12-15H2;2*(H,6,7). The summed E-state index contributed by atoms with van der Waals surface area (Å²) >= 11 is 0. The molecule has 10 nitrogen and oxygen atoms in total. The maximum Gasteiger partial charge on any atom is 0.490 e. The zero-order chi connectivity index (χ0) is 29.3. The SMILES string of the molecule is O=C(O)C(F)(F)F.O=C(O)C(F)(F)F.O=C(c1ccccn1)N1CCC2(CC1)CCN(c1ncccn1)CC2. The summed E-state index contributed by atoms with van der Waals surface area (Å²) in [5.74, 6) is -4.62. The second-order valence-electron chi connectivity index (χ2n) is 8.65. The molecule has 2 aromatic heterocycles. The highest BCUT2D eigenvalue weighted by Crippen LogP contribution is 2.41. The van der Waals surface area contributed by atoms with Gasteiger partial charge in [0, 0.05) is 44.8 Å². The van der Waals surface area contributed by atoms with Crippen molar-refractivity contribution in [2.75, 3.05) is 31.1 Å². The molecule has 16 heteroatoms. The monoisotopic (exact) mass is 565 g/mol. The van der Waals surface area contributed by atoms with E-state index in [1.807, 2.05) is 23.1 Å². The Kier molecular flexibility index (Phi) is 10.6. The van der Waals surface area contributed by atoms with Crippen molar-refractivity contribution in [1.29, 1.82) is 0 Å². The number of aliphatic carboxylic acids is 2. The van der Waals surface area contributed by atoms with Gasteiger partial charge in [0.2, 0.25) is 5.95 Å². The van der Waals surface area contributed by atoms with E-state index in [1.54, 1.807) is 24.7 Å². The van der Waals surface area contributed by atoms with E-state index >= 15 is 0 Å². The van der Waals surface area contributed by atoms with Crippen molar-refractivity contribution in [2.45, 2.75) is 38.0 Å². The number of nitrogens with zero attached hydrogens (tertiary/aromatic N) is 5. The number of alkyl halides is 6. The Labute approximate surface area is 218 Å². The molecule has 2 aromatic rings. The van der Waals surface area contributed by atoms with E-state index < -0.39 is 24.3 Å². The molecule has 4 rings (SSSR count). The van der Waals surface area contributed by atoms with Gasteiger partial charge in [-0.25, -0.2) is 19.6 Å². The third kappa shape index (κ3) is 9.68. The molecule has 0 radical (unpaired) electrons. The lowest BCUT2D eigenvalue weighted by Gasteiger charge is -2.46. The van der Waals surface area contributed by atoms with Crippen LogP contribution in [0.3, 0.4) is 0 Å². The van der Waals surface area contributed by atoms with Gasteiger partial charge in [0.15, 0.2) is 0 Å². The number of carboxylic acid groups (broad SMARTS) is 2. The van der Waals surface area contributed by atoms with Crippen LogP contribution in [-0.4, -0.2) is 86.4 Å². The predicted molar refractivity (Wildman–Crippen MR) is 123 cm³/mol. The molecule has 0 aliphatic carbocycles. The minimum Gasteiger partial charge on any atom is -0.475 e. The lowest BCUT2D eigenvalue weighted by atomic mass is 9.71. The molecule has 2 N–H and O–H groups in total. The maximum atomic E-state index is 12.5. The van der Waals surface area contributed by atoms with Crippen LogP contribution in [0.2, 0.25) is 0 Å². The van der Waals surface area contributed by atoms with E-state index in [9.17, 15) is 31.1 Å². The summed E-state index contributed by atoms with van der Waals surface area (Å²) in [4.78, 5) is 47.5. The highest BCUT2D eigenvalue weighted by atomic mass is 19.4. The van der Waals surface area contributed by atoms with Crippen LogP contribution in [0.1, 0.15) is 36.2 Å². The van der Waals surface area contributed by atoms with E-state index in [2.05, 4.69) is 19.9 Å². The summed E-state index contributed by atoms with van der Waals surface area (Å²) in [6.07, 6.45) is -0.430. The predicted octanol–water partition coefficient (Wildman–Crippen LogP) is 3.66. The number of hydrogen-bond acceptors (Lipinski definition) is 7. The van der Waals surface area contributed by atoms with Crippen molar-refractivity contribution in [1.82, 2.24) is 19.9 Å². The zero-order valence-corrected chi connectivity index (χ0v) is 20.3. The fourth-order valence-electron chi connectivity index (χ4n) is 3.97. The van der Waals surface area contributed by atoms with Gasteiger partial charge in [0.1, 0.15) is 5.69 Å². The highest BCUT2D eigenvalue weighted by Gasteiger charge is 2.40. The topological polar surface area (TPSA) is 137 Å². The molecule has 4 heterocycles. The fourth-order valence-corrected chi connectivity index (χ4v) is 3.97. The largest absolute Gasteiger partial charge is 0.490 e. The van der Waals surface area contributed by atoms with Gasteiger partial charge in [-0.1, -0.05) is 6.07 Å². The van der Waals surface area contributed by atoms with Gasteiger partial charge < -0.3 is 20.0 Å². The molecule has 39 heavy (non-hydrogen) atoms. The number of anilines is 1. The number of pyridine rings is 1. The molecular weight excluding hydrogens is 540 g/mol. The van der Waals surface area contributed by atoms with Gasteiger partial charge in [-0.15, -0.1) is 0 Å². The smallest absolute Gasteiger partial charge is 0.475 e. The molecule has 2 saturated heterocycles. The van der Waals surface area contributed by atoms with E-state index in [4.69, 9.17) is 19.8 Å². The van der Waals surface area contributed by atoms with Crippen LogP contribution in [-0.2, 0) is 9.59 Å². The minimum atomic E-state index is -5.08. The van der Waals surface area contributed by atoms with Crippen molar-refractivity contribution >= 4 is 23.8 Å². The van der Waals surface area contributed by atoms with Crippen LogP contribution in [0.5, 0.6) is 0 Å². The molecule has 2 aliphatic rings. The lowest BCUT2D eigenvalue weighted by molar-refractivity contribution is -0.193. The Balaban J connectivity index is 0.000000317. The van der Waals surface area contributed by atoms with Crippen molar-refractivity contribution in [3.8, 4) is 0 Å². The molecule has 1 spiro atoms. The molecule has 1 amide bonds. The number of likely N-dealkylation sites (tertiary alicyclic amines) is 1. The van der Waals surface area contributed by atoms with Gasteiger partial charge >= 0.3 is 24.3 Å². The van der Waals surface area contributed by atoms with Crippen LogP contribution in [0.4, 0.5) is 32.3 Å². The van der Waals surface area contributed by atoms with Crippen LogP contribution < -0.4 is 4.90 Å².